The van der Waals surface area contributed by atoms with Crippen LogP contribution in [0.1, 0.15) is 34.0 Å². The molecule has 1 fully saturated rings. The smallest absolute Gasteiger partial charge is 0.335 e. The lowest BCUT2D eigenvalue weighted by atomic mass is 10.1. The summed E-state index contributed by atoms with van der Waals surface area (Å²) in [6.45, 7) is 1.43. The lowest BCUT2D eigenvalue weighted by Crippen LogP contribution is -2.42. The van der Waals surface area contributed by atoms with Gasteiger partial charge in [-0.25, -0.2) is 9.18 Å². The summed E-state index contributed by atoms with van der Waals surface area (Å²) in [4.78, 5) is 25.1. The molecule has 0 saturated carbocycles. The van der Waals surface area contributed by atoms with E-state index in [0.29, 0.717) is 32.5 Å². The van der Waals surface area contributed by atoms with E-state index in [1.807, 2.05) is 0 Å². The Morgan fingerprint density at radius 3 is 2.46 bits per heavy atom. The molecule has 2 aromatic carbocycles. The molecule has 0 spiro atoms. The van der Waals surface area contributed by atoms with Crippen molar-refractivity contribution in [3.63, 3.8) is 0 Å². The van der Waals surface area contributed by atoms with E-state index in [0.717, 1.165) is 11.1 Å². The number of carboxylic acid groups (broad SMARTS) is 1. The monoisotopic (exact) mass is 357 g/mol. The second kappa shape index (κ2) is 8.10. The molecule has 26 heavy (non-hydrogen) atoms. The Morgan fingerprint density at radius 2 is 1.81 bits per heavy atom. The Labute approximate surface area is 151 Å². The summed E-state index contributed by atoms with van der Waals surface area (Å²) < 4.78 is 18.8. The van der Waals surface area contributed by atoms with Crippen LogP contribution in [-0.4, -0.2) is 41.6 Å². The molecule has 1 amide bonds. The predicted octanol–water partition coefficient (Wildman–Crippen LogP) is 3.06. The van der Waals surface area contributed by atoms with Gasteiger partial charge in [0.1, 0.15) is 11.9 Å². The summed E-state index contributed by atoms with van der Waals surface area (Å²) in [7, 11) is 0. The van der Waals surface area contributed by atoms with Crippen LogP contribution >= 0.6 is 0 Å². The summed E-state index contributed by atoms with van der Waals surface area (Å²) in [5.41, 5.74) is 2.01. The maximum absolute atomic E-state index is 13.1. The highest BCUT2D eigenvalue weighted by molar-refractivity contribution is 5.87. The van der Waals surface area contributed by atoms with E-state index < -0.39 is 5.97 Å². The Kier molecular flexibility index (Phi) is 5.63. The fraction of sp³-hybridized carbons (Fsp3) is 0.300. The number of carboxylic acids is 1. The van der Waals surface area contributed by atoms with Crippen molar-refractivity contribution < 1.29 is 23.8 Å². The fourth-order valence-electron chi connectivity index (χ4n) is 2.98. The highest BCUT2D eigenvalue weighted by atomic mass is 19.1. The van der Waals surface area contributed by atoms with Crippen molar-refractivity contribution in [2.75, 3.05) is 19.7 Å². The van der Waals surface area contributed by atoms with E-state index in [4.69, 9.17) is 9.84 Å². The van der Waals surface area contributed by atoms with E-state index >= 15 is 0 Å². The van der Waals surface area contributed by atoms with Crippen LogP contribution in [0.4, 0.5) is 4.39 Å². The first-order valence-corrected chi connectivity index (χ1v) is 8.50. The number of rotatable bonds is 5. The first-order chi connectivity index (χ1) is 12.5. The minimum absolute atomic E-state index is 0.0303. The summed E-state index contributed by atoms with van der Waals surface area (Å²) in [6, 6.07) is 12.7. The zero-order valence-electron chi connectivity index (χ0n) is 14.2. The average Bonchev–Trinajstić information content (AvgIpc) is 2.67. The van der Waals surface area contributed by atoms with Crippen LogP contribution in [0.25, 0.3) is 0 Å². The van der Waals surface area contributed by atoms with Crippen molar-refractivity contribution in [3.8, 4) is 0 Å². The van der Waals surface area contributed by atoms with Crippen molar-refractivity contribution >= 4 is 11.9 Å². The summed E-state index contributed by atoms with van der Waals surface area (Å²) in [5.74, 6) is -1.23. The average molecular weight is 357 g/mol. The normalized spacial score (nSPS) is 17.1. The molecule has 1 unspecified atom stereocenters. The molecular weight excluding hydrogens is 337 g/mol. The lowest BCUT2D eigenvalue weighted by Gasteiger charge is -2.33. The number of ether oxygens (including phenoxy) is 1. The van der Waals surface area contributed by atoms with Crippen molar-refractivity contribution in [1.29, 1.82) is 0 Å². The third-order valence-electron chi connectivity index (χ3n) is 4.49. The molecule has 1 saturated heterocycles. The number of benzene rings is 2. The van der Waals surface area contributed by atoms with Gasteiger partial charge in [0.25, 0.3) is 0 Å². The predicted molar refractivity (Wildman–Crippen MR) is 93.4 cm³/mol. The Balaban J connectivity index is 1.55. The first-order valence-electron chi connectivity index (χ1n) is 8.50. The molecular formula is C20H20FNO4. The Hall–Kier alpha value is -2.73. The molecule has 1 atom stereocenters. The van der Waals surface area contributed by atoms with Gasteiger partial charge in [-0.2, -0.15) is 0 Å². The molecule has 6 heteroatoms. The van der Waals surface area contributed by atoms with Crippen molar-refractivity contribution in [2.45, 2.75) is 18.9 Å². The van der Waals surface area contributed by atoms with Crippen LogP contribution in [0.5, 0.6) is 0 Å². The standard InChI is InChI=1S/C20H20FNO4/c21-17-8-6-15(7-9-17)18-13-22(11-12-26-18)19(23)10-3-14-1-4-16(5-2-14)20(24)25/h1-2,4-9,18H,3,10-13H2,(H,24,25). The van der Waals surface area contributed by atoms with Crippen molar-refractivity contribution in [1.82, 2.24) is 4.90 Å². The number of hydrogen-bond donors (Lipinski definition) is 1. The summed E-state index contributed by atoms with van der Waals surface area (Å²) in [5, 5.41) is 8.90. The van der Waals surface area contributed by atoms with Gasteiger partial charge in [0.15, 0.2) is 0 Å². The number of aryl methyl sites for hydroxylation is 1. The molecule has 0 aromatic heterocycles. The van der Waals surface area contributed by atoms with Gasteiger partial charge in [-0.1, -0.05) is 24.3 Å². The lowest BCUT2D eigenvalue weighted by molar-refractivity contribution is -0.139. The van der Waals surface area contributed by atoms with Crippen LogP contribution in [-0.2, 0) is 16.0 Å². The van der Waals surface area contributed by atoms with Gasteiger partial charge in [0.05, 0.1) is 18.7 Å². The fourth-order valence-corrected chi connectivity index (χ4v) is 2.98. The number of hydrogen-bond acceptors (Lipinski definition) is 3. The van der Waals surface area contributed by atoms with E-state index in [9.17, 15) is 14.0 Å². The molecule has 1 aliphatic rings. The molecule has 2 aromatic rings. The van der Waals surface area contributed by atoms with E-state index in [-0.39, 0.29) is 23.4 Å². The van der Waals surface area contributed by atoms with Gasteiger partial charge in [-0.3, -0.25) is 4.79 Å². The summed E-state index contributed by atoms with van der Waals surface area (Å²) >= 11 is 0. The zero-order chi connectivity index (χ0) is 18.5. The Morgan fingerprint density at radius 1 is 1.12 bits per heavy atom. The van der Waals surface area contributed by atoms with Gasteiger partial charge in [-0.05, 0) is 41.8 Å². The van der Waals surface area contributed by atoms with Crippen LogP contribution in [0.2, 0.25) is 0 Å². The van der Waals surface area contributed by atoms with E-state index in [2.05, 4.69) is 0 Å². The SMILES string of the molecule is O=C(O)c1ccc(CCC(=O)N2CCOC(c3ccc(F)cc3)C2)cc1. The van der Waals surface area contributed by atoms with E-state index in [1.54, 1.807) is 41.3 Å². The minimum atomic E-state index is -0.965. The zero-order valence-corrected chi connectivity index (χ0v) is 14.2. The number of morpholine rings is 1. The minimum Gasteiger partial charge on any atom is -0.478 e. The van der Waals surface area contributed by atoms with Crippen molar-refractivity contribution in [3.05, 3.63) is 71.0 Å². The molecule has 1 heterocycles. The molecule has 0 radical (unpaired) electrons. The number of carbonyl (C=O) groups excluding carboxylic acids is 1. The molecule has 1 aliphatic heterocycles. The number of nitrogens with zero attached hydrogens (tertiary/aromatic N) is 1. The topological polar surface area (TPSA) is 66.8 Å². The maximum Gasteiger partial charge on any atom is 0.335 e. The quantitative estimate of drug-likeness (QED) is 0.893. The third kappa shape index (κ3) is 4.46. The third-order valence-corrected chi connectivity index (χ3v) is 4.49. The van der Waals surface area contributed by atoms with Crippen LogP contribution in [0, 0.1) is 5.82 Å². The molecule has 3 rings (SSSR count). The van der Waals surface area contributed by atoms with Crippen molar-refractivity contribution in [2.24, 2.45) is 0 Å². The van der Waals surface area contributed by atoms with E-state index in [1.165, 1.54) is 12.1 Å². The summed E-state index contributed by atoms with van der Waals surface area (Å²) in [6.07, 6.45) is 0.656. The molecule has 0 aliphatic carbocycles. The molecule has 136 valence electrons. The van der Waals surface area contributed by atoms with Gasteiger partial charge >= 0.3 is 5.97 Å². The van der Waals surface area contributed by atoms with Gasteiger partial charge in [-0.15, -0.1) is 0 Å². The second-order valence-electron chi connectivity index (χ2n) is 6.25. The van der Waals surface area contributed by atoms with Gasteiger partial charge in [0, 0.05) is 13.0 Å². The maximum atomic E-state index is 13.1. The van der Waals surface area contributed by atoms with Crippen LogP contribution in [0.3, 0.4) is 0 Å². The van der Waals surface area contributed by atoms with Crippen LogP contribution < -0.4 is 0 Å². The number of halogens is 1. The first kappa shape index (κ1) is 18.1. The Bertz CT molecular complexity index is 773. The second-order valence-corrected chi connectivity index (χ2v) is 6.25. The molecule has 5 nitrogen and oxygen atoms in total. The molecule has 1 N–H and O–H groups in total. The van der Waals surface area contributed by atoms with Gasteiger partial charge < -0.3 is 14.7 Å². The van der Waals surface area contributed by atoms with Gasteiger partial charge in [0.2, 0.25) is 5.91 Å². The number of aromatic carboxylic acids is 1. The number of carbonyl (C=O) groups is 2. The molecule has 0 bridgehead atoms. The highest BCUT2D eigenvalue weighted by Crippen LogP contribution is 2.23. The number of amides is 1. The highest BCUT2D eigenvalue weighted by Gasteiger charge is 2.25. The van der Waals surface area contributed by atoms with Crippen LogP contribution in [0.15, 0.2) is 48.5 Å². The largest absolute Gasteiger partial charge is 0.478 e.